The van der Waals surface area contributed by atoms with Crippen molar-refractivity contribution in [3.8, 4) is 0 Å². The van der Waals surface area contributed by atoms with Crippen LogP contribution in [0.4, 0.5) is 5.82 Å². The summed E-state index contributed by atoms with van der Waals surface area (Å²) < 4.78 is 5.36. The van der Waals surface area contributed by atoms with E-state index in [0.717, 1.165) is 49.8 Å². The quantitative estimate of drug-likeness (QED) is 0.730. The van der Waals surface area contributed by atoms with Gasteiger partial charge in [-0.05, 0) is 37.1 Å². The third-order valence-electron chi connectivity index (χ3n) is 5.03. The largest absolute Gasteiger partial charge is 0.378 e. The van der Waals surface area contributed by atoms with Gasteiger partial charge < -0.3 is 19.9 Å². The number of hydrogen-bond donors (Lipinski definition) is 2. The molecule has 0 unspecified atom stereocenters. The topological polar surface area (TPSA) is 70.2 Å². The van der Waals surface area contributed by atoms with Crippen LogP contribution in [0.2, 0.25) is 0 Å². The van der Waals surface area contributed by atoms with Gasteiger partial charge in [0.1, 0.15) is 5.82 Å². The Balaban J connectivity index is 1.35. The summed E-state index contributed by atoms with van der Waals surface area (Å²) in [5, 5.41) is 4.22. The van der Waals surface area contributed by atoms with Crippen LogP contribution in [0.25, 0.3) is 10.9 Å². The summed E-state index contributed by atoms with van der Waals surface area (Å²) >= 11 is 0. The fraction of sp³-hybridized carbons (Fsp3) is 0.333. The molecule has 2 N–H and O–H groups in total. The van der Waals surface area contributed by atoms with E-state index in [-0.39, 0.29) is 5.91 Å². The lowest BCUT2D eigenvalue weighted by Crippen LogP contribution is -2.36. The number of amides is 1. The van der Waals surface area contributed by atoms with Crippen LogP contribution in [0.1, 0.15) is 21.6 Å². The van der Waals surface area contributed by atoms with Gasteiger partial charge in [0, 0.05) is 42.4 Å². The highest BCUT2D eigenvalue weighted by atomic mass is 16.5. The molecule has 1 saturated heterocycles. The lowest BCUT2D eigenvalue weighted by molar-refractivity contribution is 0.0953. The molecule has 3 aromatic rings. The molecule has 1 aliphatic rings. The Kier molecular flexibility index (Phi) is 5.07. The minimum Gasteiger partial charge on any atom is -0.378 e. The smallest absolute Gasteiger partial charge is 0.252 e. The highest BCUT2D eigenvalue weighted by Gasteiger charge is 2.14. The van der Waals surface area contributed by atoms with Gasteiger partial charge in [-0.1, -0.05) is 18.2 Å². The first-order chi connectivity index (χ1) is 13.2. The van der Waals surface area contributed by atoms with Crippen LogP contribution in [0, 0.1) is 6.92 Å². The summed E-state index contributed by atoms with van der Waals surface area (Å²) in [6.45, 7) is 5.78. The van der Waals surface area contributed by atoms with Crippen LogP contribution in [-0.4, -0.2) is 48.7 Å². The van der Waals surface area contributed by atoms with E-state index < -0.39 is 0 Å². The second-order valence-corrected chi connectivity index (χ2v) is 6.78. The molecule has 0 atom stereocenters. The fourth-order valence-electron chi connectivity index (χ4n) is 3.56. The predicted molar refractivity (Wildman–Crippen MR) is 106 cm³/mol. The Morgan fingerprint density at radius 3 is 2.81 bits per heavy atom. The third kappa shape index (κ3) is 3.80. The maximum Gasteiger partial charge on any atom is 0.252 e. The zero-order valence-electron chi connectivity index (χ0n) is 15.5. The highest BCUT2D eigenvalue weighted by molar-refractivity contribution is 5.94. The number of ether oxygens (including phenoxy) is 1. The minimum atomic E-state index is -0.0893. The van der Waals surface area contributed by atoms with Gasteiger partial charge in [-0.3, -0.25) is 4.79 Å². The molecule has 4 rings (SSSR count). The van der Waals surface area contributed by atoms with E-state index in [1.54, 1.807) is 6.20 Å². The maximum absolute atomic E-state index is 12.4. The summed E-state index contributed by atoms with van der Waals surface area (Å²) in [4.78, 5) is 22.4. The average Bonchev–Trinajstić information content (AvgIpc) is 3.04. The van der Waals surface area contributed by atoms with Crippen molar-refractivity contribution in [2.75, 3.05) is 37.7 Å². The number of carbonyl (C=O) groups is 1. The zero-order valence-corrected chi connectivity index (χ0v) is 15.5. The number of pyridine rings is 1. The molecule has 0 radical (unpaired) electrons. The normalized spacial score (nSPS) is 14.5. The zero-order chi connectivity index (χ0) is 18.6. The summed E-state index contributed by atoms with van der Waals surface area (Å²) in [5.41, 5.74) is 4.13. The summed E-state index contributed by atoms with van der Waals surface area (Å²) in [6, 6.07) is 12.0. The number of H-pyrrole nitrogens is 1. The van der Waals surface area contributed by atoms with Gasteiger partial charge in [-0.25, -0.2) is 4.98 Å². The number of aromatic amines is 1. The highest BCUT2D eigenvalue weighted by Crippen LogP contribution is 2.22. The van der Waals surface area contributed by atoms with Gasteiger partial charge in [0.05, 0.1) is 18.8 Å². The average molecular weight is 364 g/mol. The van der Waals surface area contributed by atoms with Gasteiger partial charge in [0.2, 0.25) is 0 Å². The number of aryl methyl sites for hydroxylation is 1. The van der Waals surface area contributed by atoms with E-state index in [0.29, 0.717) is 12.1 Å². The van der Waals surface area contributed by atoms with Crippen molar-refractivity contribution in [3.05, 3.63) is 59.4 Å². The summed E-state index contributed by atoms with van der Waals surface area (Å²) in [7, 11) is 0. The van der Waals surface area contributed by atoms with E-state index in [9.17, 15) is 4.79 Å². The Morgan fingerprint density at radius 1 is 1.22 bits per heavy atom. The molecule has 0 bridgehead atoms. The molecule has 3 heterocycles. The van der Waals surface area contributed by atoms with Crippen molar-refractivity contribution in [1.29, 1.82) is 0 Å². The van der Waals surface area contributed by atoms with Crippen LogP contribution in [-0.2, 0) is 11.2 Å². The number of carbonyl (C=O) groups excluding carboxylic acids is 1. The number of para-hydroxylation sites is 1. The van der Waals surface area contributed by atoms with Crippen LogP contribution in [0.15, 0.2) is 42.6 Å². The summed E-state index contributed by atoms with van der Waals surface area (Å²) in [5.74, 6) is 0.804. The first-order valence-electron chi connectivity index (χ1n) is 9.35. The number of hydrogen-bond acceptors (Lipinski definition) is 4. The molecular weight excluding hydrogens is 340 g/mol. The molecule has 1 aliphatic heterocycles. The second-order valence-electron chi connectivity index (χ2n) is 6.78. The molecule has 1 aromatic carbocycles. The molecule has 6 heteroatoms. The number of aromatic nitrogens is 2. The fourth-order valence-corrected chi connectivity index (χ4v) is 3.56. The van der Waals surface area contributed by atoms with Gasteiger partial charge in [-0.2, -0.15) is 0 Å². The molecule has 0 spiro atoms. The van der Waals surface area contributed by atoms with Crippen LogP contribution < -0.4 is 10.2 Å². The number of morpholine rings is 1. The van der Waals surface area contributed by atoms with Crippen molar-refractivity contribution in [1.82, 2.24) is 15.3 Å². The second kappa shape index (κ2) is 7.80. The first-order valence-corrected chi connectivity index (χ1v) is 9.35. The van der Waals surface area contributed by atoms with E-state index >= 15 is 0 Å². The van der Waals surface area contributed by atoms with Gasteiger partial charge >= 0.3 is 0 Å². The molecule has 0 aliphatic carbocycles. The van der Waals surface area contributed by atoms with Crippen molar-refractivity contribution in [2.24, 2.45) is 0 Å². The Hall–Kier alpha value is -2.86. The van der Waals surface area contributed by atoms with Crippen LogP contribution in [0.5, 0.6) is 0 Å². The van der Waals surface area contributed by atoms with Gasteiger partial charge in [0.15, 0.2) is 0 Å². The Morgan fingerprint density at radius 2 is 2.04 bits per heavy atom. The number of rotatable bonds is 5. The van der Waals surface area contributed by atoms with Crippen LogP contribution >= 0.6 is 0 Å². The van der Waals surface area contributed by atoms with Crippen molar-refractivity contribution in [2.45, 2.75) is 13.3 Å². The van der Waals surface area contributed by atoms with Crippen molar-refractivity contribution in [3.63, 3.8) is 0 Å². The first kappa shape index (κ1) is 17.5. The Bertz CT molecular complexity index is 927. The van der Waals surface area contributed by atoms with E-state index in [1.807, 2.05) is 24.3 Å². The maximum atomic E-state index is 12.4. The lowest BCUT2D eigenvalue weighted by Gasteiger charge is -2.27. The van der Waals surface area contributed by atoms with Crippen LogP contribution in [0.3, 0.4) is 0 Å². The number of anilines is 1. The van der Waals surface area contributed by atoms with E-state index in [1.165, 1.54) is 10.9 Å². The molecule has 2 aromatic heterocycles. The molecule has 6 nitrogen and oxygen atoms in total. The molecular formula is C21H24N4O2. The minimum absolute atomic E-state index is 0.0893. The van der Waals surface area contributed by atoms with E-state index in [2.05, 4.69) is 39.2 Å². The molecule has 1 fully saturated rings. The number of benzene rings is 1. The SMILES string of the molecule is Cc1[nH]c2ccccc2c1CCNC(=O)c1ccc(N2CCOCC2)nc1. The lowest BCUT2D eigenvalue weighted by atomic mass is 10.1. The van der Waals surface area contributed by atoms with Gasteiger partial charge in [-0.15, -0.1) is 0 Å². The summed E-state index contributed by atoms with van der Waals surface area (Å²) in [6.07, 6.45) is 2.44. The standard InChI is InChI=1S/C21H24N4O2/c1-15-17(18-4-2-3-5-19(18)24-15)8-9-22-21(26)16-6-7-20(23-14-16)25-10-12-27-13-11-25/h2-7,14,24H,8-13H2,1H3,(H,22,26). The number of nitrogens with zero attached hydrogens (tertiary/aromatic N) is 2. The monoisotopic (exact) mass is 364 g/mol. The number of fused-ring (bicyclic) bond motifs is 1. The molecule has 0 saturated carbocycles. The Labute approximate surface area is 158 Å². The third-order valence-corrected chi connectivity index (χ3v) is 5.03. The molecule has 27 heavy (non-hydrogen) atoms. The predicted octanol–water partition coefficient (Wildman–Crippen LogP) is 2.68. The molecule has 140 valence electrons. The van der Waals surface area contributed by atoms with E-state index in [4.69, 9.17) is 4.74 Å². The van der Waals surface area contributed by atoms with Crippen molar-refractivity contribution >= 4 is 22.6 Å². The molecule has 1 amide bonds. The van der Waals surface area contributed by atoms with Crippen molar-refractivity contribution < 1.29 is 9.53 Å². The number of nitrogens with one attached hydrogen (secondary N) is 2. The van der Waals surface area contributed by atoms with Gasteiger partial charge in [0.25, 0.3) is 5.91 Å².